The third kappa shape index (κ3) is 3.66. The van der Waals surface area contributed by atoms with E-state index >= 15 is 0 Å². The highest BCUT2D eigenvalue weighted by Crippen LogP contribution is 2.26. The zero-order chi connectivity index (χ0) is 12.8. The molecular formula is C12H13ClF2O2. The van der Waals surface area contributed by atoms with Gasteiger partial charge in [-0.25, -0.2) is 8.78 Å². The Morgan fingerprint density at radius 2 is 2.18 bits per heavy atom. The van der Waals surface area contributed by atoms with Crippen LogP contribution in [0.25, 0.3) is 0 Å². The van der Waals surface area contributed by atoms with Crippen molar-refractivity contribution in [2.45, 2.75) is 18.8 Å². The molecule has 1 aromatic rings. The predicted molar refractivity (Wildman–Crippen MR) is 61.1 cm³/mol. The van der Waals surface area contributed by atoms with Gasteiger partial charge in [0.2, 0.25) is 0 Å². The van der Waals surface area contributed by atoms with E-state index < -0.39 is 23.5 Å². The molecule has 0 saturated heterocycles. The van der Waals surface area contributed by atoms with Crippen LogP contribution in [0.5, 0.6) is 0 Å². The number of carbonyl (C=O) groups is 1. The molecule has 17 heavy (non-hydrogen) atoms. The summed E-state index contributed by atoms with van der Waals surface area (Å²) in [6.07, 6.45) is 0.927. The van der Waals surface area contributed by atoms with Gasteiger partial charge >= 0.3 is 5.97 Å². The van der Waals surface area contributed by atoms with Crippen molar-refractivity contribution in [1.29, 1.82) is 0 Å². The fourth-order valence-electron chi connectivity index (χ4n) is 1.61. The number of hydrogen-bond acceptors (Lipinski definition) is 2. The van der Waals surface area contributed by atoms with Crippen molar-refractivity contribution in [1.82, 2.24) is 0 Å². The summed E-state index contributed by atoms with van der Waals surface area (Å²) in [4.78, 5) is 11.5. The van der Waals surface area contributed by atoms with Gasteiger partial charge in [-0.15, -0.1) is 11.6 Å². The number of hydrogen-bond donors (Lipinski definition) is 0. The fraction of sp³-hybridized carbons (Fsp3) is 0.417. The summed E-state index contributed by atoms with van der Waals surface area (Å²) in [6, 6.07) is 3.14. The number of esters is 1. The van der Waals surface area contributed by atoms with Gasteiger partial charge in [0.15, 0.2) is 0 Å². The summed E-state index contributed by atoms with van der Waals surface area (Å²) in [7, 11) is 1.23. The molecule has 0 fully saturated rings. The normalized spacial score (nSPS) is 12.2. The topological polar surface area (TPSA) is 26.3 Å². The van der Waals surface area contributed by atoms with E-state index in [9.17, 15) is 13.6 Å². The molecule has 94 valence electrons. The molecule has 1 atom stereocenters. The van der Waals surface area contributed by atoms with Gasteiger partial charge in [-0.2, -0.15) is 0 Å². The Kier molecular flexibility index (Phi) is 5.35. The van der Waals surface area contributed by atoms with E-state index in [-0.39, 0.29) is 5.56 Å². The lowest BCUT2D eigenvalue weighted by Crippen LogP contribution is -2.16. The third-order valence-electron chi connectivity index (χ3n) is 2.45. The lowest BCUT2D eigenvalue weighted by atomic mass is 9.94. The van der Waals surface area contributed by atoms with Gasteiger partial charge in [0.25, 0.3) is 0 Å². The third-order valence-corrected chi connectivity index (χ3v) is 2.72. The van der Waals surface area contributed by atoms with Gasteiger partial charge in [-0.1, -0.05) is 6.07 Å². The van der Waals surface area contributed by atoms with Crippen molar-refractivity contribution < 1.29 is 18.3 Å². The minimum absolute atomic E-state index is 0.142. The average molecular weight is 263 g/mol. The van der Waals surface area contributed by atoms with Crippen molar-refractivity contribution in [2.75, 3.05) is 13.0 Å². The molecule has 0 aliphatic carbocycles. The Balaban J connectivity index is 2.99. The van der Waals surface area contributed by atoms with E-state index in [2.05, 4.69) is 4.74 Å². The first-order valence-corrected chi connectivity index (χ1v) is 5.72. The van der Waals surface area contributed by atoms with Gasteiger partial charge in [0, 0.05) is 17.5 Å². The largest absolute Gasteiger partial charge is 0.469 e. The van der Waals surface area contributed by atoms with Gasteiger partial charge in [-0.3, -0.25) is 4.79 Å². The van der Waals surface area contributed by atoms with Crippen molar-refractivity contribution in [3.63, 3.8) is 0 Å². The van der Waals surface area contributed by atoms with Crippen molar-refractivity contribution in [3.8, 4) is 0 Å². The molecule has 5 heteroatoms. The number of halogens is 3. The summed E-state index contributed by atoms with van der Waals surface area (Å²) in [5.41, 5.74) is 0.142. The lowest BCUT2D eigenvalue weighted by Gasteiger charge is -2.15. The van der Waals surface area contributed by atoms with Crippen LogP contribution in [0.4, 0.5) is 8.78 Å². The molecule has 1 aromatic carbocycles. The van der Waals surface area contributed by atoms with E-state index in [0.29, 0.717) is 18.7 Å². The van der Waals surface area contributed by atoms with E-state index in [4.69, 9.17) is 11.6 Å². The summed E-state index contributed by atoms with van der Waals surface area (Å²) in [5.74, 6) is -2.32. The van der Waals surface area contributed by atoms with Crippen molar-refractivity contribution in [3.05, 3.63) is 35.4 Å². The highest BCUT2D eigenvalue weighted by Gasteiger charge is 2.24. The minimum atomic E-state index is -0.741. The van der Waals surface area contributed by atoms with E-state index in [1.165, 1.54) is 13.2 Å². The standard InChI is InChI=1S/C12H13ClF2O2/c1-17-12(16)10(3-2-6-13)9-5-4-8(14)7-11(9)15/h4-5,7,10H,2-3,6H2,1H3. The van der Waals surface area contributed by atoms with Crippen LogP contribution < -0.4 is 0 Å². The van der Waals surface area contributed by atoms with Crippen LogP contribution in [0, 0.1) is 11.6 Å². The number of benzene rings is 1. The molecule has 0 aliphatic rings. The zero-order valence-electron chi connectivity index (χ0n) is 9.38. The van der Waals surface area contributed by atoms with Gasteiger partial charge in [0.05, 0.1) is 13.0 Å². The fourth-order valence-corrected chi connectivity index (χ4v) is 1.76. The van der Waals surface area contributed by atoms with Gasteiger partial charge in [0.1, 0.15) is 11.6 Å². The summed E-state index contributed by atoms with van der Waals surface area (Å²) >= 11 is 5.54. The van der Waals surface area contributed by atoms with Crippen LogP contribution in [-0.2, 0) is 9.53 Å². The zero-order valence-corrected chi connectivity index (χ0v) is 10.1. The minimum Gasteiger partial charge on any atom is -0.469 e. The second-order valence-electron chi connectivity index (χ2n) is 3.57. The van der Waals surface area contributed by atoms with E-state index in [0.717, 1.165) is 12.1 Å². The Morgan fingerprint density at radius 1 is 1.47 bits per heavy atom. The molecule has 0 amide bonds. The smallest absolute Gasteiger partial charge is 0.313 e. The second-order valence-corrected chi connectivity index (χ2v) is 3.95. The Bertz CT molecular complexity index is 396. The maximum absolute atomic E-state index is 13.5. The molecule has 0 spiro atoms. The highest BCUT2D eigenvalue weighted by molar-refractivity contribution is 6.17. The second kappa shape index (κ2) is 6.55. The molecule has 2 nitrogen and oxygen atoms in total. The van der Waals surface area contributed by atoms with Gasteiger partial charge in [-0.05, 0) is 18.9 Å². The van der Waals surface area contributed by atoms with Crippen LogP contribution in [0.15, 0.2) is 18.2 Å². The number of methoxy groups -OCH3 is 1. The Morgan fingerprint density at radius 3 is 2.71 bits per heavy atom. The molecule has 0 saturated carbocycles. The van der Waals surface area contributed by atoms with Crippen LogP contribution in [0.3, 0.4) is 0 Å². The van der Waals surface area contributed by atoms with E-state index in [1.54, 1.807) is 0 Å². The molecule has 0 heterocycles. The molecular weight excluding hydrogens is 250 g/mol. The Labute approximate surface area is 104 Å². The number of alkyl halides is 1. The molecule has 0 radical (unpaired) electrons. The highest BCUT2D eigenvalue weighted by atomic mass is 35.5. The van der Waals surface area contributed by atoms with Crippen LogP contribution in [-0.4, -0.2) is 19.0 Å². The first-order valence-electron chi connectivity index (χ1n) is 5.19. The number of ether oxygens (including phenoxy) is 1. The van der Waals surface area contributed by atoms with Crippen LogP contribution in [0.1, 0.15) is 24.3 Å². The monoisotopic (exact) mass is 262 g/mol. The molecule has 1 unspecified atom stereocenters. The van der Waals surface area contributed by atoms with E-state index in [1.807, 2.05) is 0 Å². The SMILES string of the molecule is COC(=O)C(CCCCl)c1ccc(F)cc1F. The first-order chi connectivity index (χ1) is 8.10. The maximum atomic E-state index is 13.5. The summed E-state index contributed by atoms with van der Waals surface area (Å²) in [6.45, 7) is 0. The van der Waals surface area contributed by atoms with Crippen LogP contribution in [0.2, 0.25) is 0 Å². The average Bonchev–Trinajstić information content (AvgIpc) is 2.31. The molecule has 1 rings (SSSR count). The quantitative estimate of drug-likeness (QED) is 0.601. The molecule has 0 aromatic heterocycles. The molecule has 0 N–H and O–H groups in total. The van der Waals surface area contributed by atoms with Gasteiger partial charge < -0.3 is 4.74 Å². The summed E-state index contributed by atoms with van der Waals surface area (Å²) in [5, 5.41) is 0. The van der Waals surface area contributed by atoms with Crippen molar-refractivity contribution in [2.24, 2.45) is 0 Å². The molecule has 0 bridgehead atoms. The van der Waals surface area contributed by atoms with Crippen LogP contribution >= 0.6 is 11.6 Å². The number of carbonyl (C=O) groups excluding carboxylic acids is 1. The first kappa shape index (κ1) is 13.9. The Hall–Kier alpha value is -1.16. The predicted octanol–water partition coefficient (Wildman–Crippen LogP) is 3.24. The van der Waals surface area contributed by atoms with Crippen molar-refractivity contribution >= 4 is 17.6 Å². The maximum Gasteiger partial charge on any atom is 0.313 e. The lowest BCUT2D eigenvalue weighted by molar-refractivity contribution is -0.142. The summed E-state index contributed by atoms with van der Waals surface area (Å²) < 4.78 is 30.9. The molecule has 0 aliphatic heterocycles. The number of rotatable bonds is 5.